The lowest BCUT2D eigenvalue weighted by molar-refractivity contribution is 0.243. The van der Waals surface area contributed by atoms with E-state index in [9.17, 15) is 0 Å². The molecule has 1 heterocycles. The van der Waals surface area contributed by atoms with Crippen LogP contribution >= 0.6 is 0 Å². The van der Waals surface area contributed by atoms with E-state index in [0.29, 0.717) is 12.5 Å². The number of aliphatic imine (C=N–C) groups is 1. The van der Waals surface area contributed by atoms with Crippen molar-refractivity contribution in [3.05, 3.63) is 35.5 Å². The van der Waals surface area contributed by atoms with Crippen molar-refractivity contribution >= 4 is 6.72 Å². The molecule has 0 radical (unpaired) electrons. The molecule has 1 aliphatic rings. The van der Waals surface area contributed by atoms with E-state index in [1.54, 1.807) is 6.20 Å². The second-order valence-electron chi connectivity index (χ2n) is 3.26. The Morgan fingerprint density at radius 3 is 2.79 bits per heavy atom. The largest absolute Gasteiger partial charge is 0.477 e. The first-order valence-corrected chi connectivity index (χ1v) is 4.58. The van der Waals surface area contributed by atoms with Gasteiger partial charge in [0, 0.05) is 17.7 Å². The summed E-state index contributed by atoms with van der Waals surface area (Å²) in [5.41, 5.74) is 3.31. The molecule has 0 saturated heterocycles. The van der Waals surface area contributed by atoms with E-state index in [-0.39, 0.29) is 0 Å². The van der Waals surface area contributed by atoms with Gasteiger partial charge in [-0.25, -0.2) is 4.99 Å². The van der Waals surface area contributed by atoms with E-state index < -0.39 is 0 Å². The summed E-state index contributed by atoms with van der Waals surface area (Å²) in [7, 11) is 0. The molecule has 1 aliphatic heterocycles. The molecule has 0 aromatic heterocycles. The monoisotopic (exact) mass is 192 g/mol. The van der Waals surface area contributed by atoms with Gasteiger partial charge in [-0.15, -0.1) is 0 Å². The fraction of sp³-hybridized carbons (Fsp3) is 0.364. The summed E-state index contributed by atoms with van der Waals surface area (Å²) >= 11 is 0. The highest BCUT2D eigenvalue weighted by atomic mass is 16.5. The summed E-state index contributed by atoms with van der Waals surface area (Å²) in [6.07, 6.45) is 2.53. The Kier molecular flexibility index (Phi) is 3.51. The van der Waals surface area contributed by atoms with Gasteiger partial charge in [0.2, 0.25) is 5.88 Å². The van der Waals surface area contributed by atoms with Gasteiger partial charge in [0.15, 0.2) is 0 Å². The van der Waals surface area contributed by atoms with Crippen LogP contribution < -0.4 is 5.32 Å². The van der Waals surface area contributed by atoms with E-state index >= 15 is 0 Å². The van der Waals surface area contributed by atoms with E-state index in [4.69, 9.17) is 4.74 Å². The summed E-state index contributed by atoms with van der Waals surface area (Å²) in [4.78, 5) is 3.85. The van der Waals surface area contributed by atoms with Gasteiger partial charge in [-0.3, -0.25) is 0 Å². The Morgan fingerprint density at radius 1 is 1.57 bits per heavy atom. The van der Waals surface area contributed by atoms with Crippen LogP contribution in [-0.4, -0.2) is 13.3 Å². The number of rotatable bonds is 4. The Labute approximate surface area is 84.9 Å². The number of ether oxygens (including phenoxy) is 1. The second kappa shape index (κ2) is 4.65. The minimum Gasteiger partial charge on any atom is -0.477 e. The molecule has 3 nitrogen and oxygen atoms in total. The molecular weight excluding hydrogens is 176 g/mol. The lowest BCUT2D eigenvalue weighted by atomic mass is 10.1. The van der Waals surface area contributed by atoms with Gasteiger partial charge in [-0.1, -0.05) is 12.2 Å². The van der Waals surface area contributed by atoms with Crippen molar-refractivity contribution in [2.45, 2.75) is 20.3 Å². The molecule has 1 N–H and O–H groups in total. The summed E-state index contributed by atoms with van der Waals surface area (Å²) < 4.78 is 5.33. The van der Waals surface area contributed by atoms with Crippen LogP contribution in [0.15, 0.2) is 40.5 Å². The number of nitrogens with one attached hydrogen (secondary N) is 1. The van der Waals surface area contributed by atoms with E-state index in [1.807, 2.05) is 13.8 Å². The summed E-state index contributed by atoms with van der Waals surface area (Å²) in [5.74, 6) is 0.635. The molecular formula is C11H16N2O. The Bertz CT molecular complexity index is 309. The van der Waals surface area contributed by atoms with Crippen molar-refractivity contribution in [1.29, 1.82) is 0 Å². The molecule has 0 aliphatic carbocycles. The smallest absolute Gasteiger partial charge is 0.218 e. The molecule has 0 fully saturated rings. The van der Waals surface area contributed by atoms with Crippen LogP contribution in [-0.2, 0) is 4.74 Å². The lowest BCUT2D eigenvalue weighted by Gasteiger charge is -2.10. The summed E-state index contributed by atoms with van der Waals surface area (Å²) in [6.45, 7) is 11.9. The minimum atomic E-state index is 0.635. The molecule has 14 heavy (non-hydrogen) atoms. The fourth-order valence-corrected chi connectivity index (χ4v) is 1.45. The third-order valence-electron chi connectivity index (χ3n) is 2.04. The third kappa shape index (κ3) is 2.05. The highest BCUT2D eigenvalue weighted by Gasteiger charge is 2.18. The van der Waals surface area contributed by atoms with Gasteiger partial charge in [0.1, 0.15) is 0 Å². The Hall–Kier alpha value is -1.51. The average molecular weight is 192 g/mol. The van der Waals surface area contributed by atoms with Gasteiger partial charge in [0.05, 0.1) is 6.61 Å². The molecule has 0 atom stereocenters. The molecule has 0 aromatic rings. The molecule has 0 saturated carbocycles. The number of hydrogen-bond acceptors (Lipinski definition) is 3. The van der Waals surface area contributed by atoms with Crippen LogP contribution in [0.3, 0.4) is 0 Å². The first-order chi connectivity index (χ1) is 6.70. The maximum Gasteiger partial charge on any atom is 0.218 e. The maximum absolute atomic E-state index is 5.33. The van der Waals surface area contributed by atoms with Crippen molar-refractivity contribution in [2.24, 2.45) is 4.99 Å². The summed E-state index contributed by atoms with van der Waals surface area (Å²) in [6, 6.07) is 0. The molecule has 0 amide bonds. The molecule has 0 aromatic carbocycles. The van der Waals surface area contributed by atoms with Crippen LogP contribution in [0.1, 0.15) is 20.3 Å². The quantitative estimate of drug-likeness (QED) is 0.694. The topological polar surface area (TPSA) is 33.6 Å². The molecule has 1 rings (SSSR count). The highest BCUT2D eigenvalue weighted by Crippen LogP contribution is 2.26. The standard InChI is InChI=1S/C11H16N2O/c1-5-13-10(8(2)3)9-6-7-14-11(9)12-4/h5,13H,1,4,6-7H2,2-3H3. The SMILES string of the molecule is C=CNC(=C(C)C)C1=C(N=C)OCC1. The van der Waals surface area contributed by atoms with Crippen LogP contribution in [0.2, 0.25) is 0 Å². The Morgan fingerprint density at radius 2 is 2.29 bits per heavy atom. The van der Waals surface area contributed by atoms with Crippen molar-refractivity contribution in [3.63, 3.8) is 0 Å². The van der Waals surface area contributed by atoms with Crippen LogP contribution in [0, 0.1) is 0 Å². The molecule has 0 bridgehead atoms. The molecule has 76 valence electrons. The van der Waals surface area contributed by atoms with Gasteiger partial charge in [0.25, 0.3) is 0 Å². The van der Waals surface area contributed by atoms with E-state index in [1.165, 1.54) is 5.57 Å². The number of hydrogen-bond donors (Lipinski definition) is 1. The molecule has 3 heteroatoms. The van der Waals surface area contributed by atoms with Crippen molar-refractivity contribution in [1.82, 2.24) is 5.32 Å². The van der Waals surface area contributed by atoms with Gasteiger partial charge in [-0.2, -0.15) is 0 Å². The number of nitrogens with zero attached hydrogens (tertiary/aromatic N) is 1. The normalized spacial score (nSPS) is 14.7. The van der Waals surface area contributed by atoms with E-state index in [0.717, 1.165) is 17.7 Å². The average Bonchev–Trinajstić information content (AvgIpc) is 2.61. The second-order valence-corrected chi connectivity index (χ2v) is 3.26. The predicted octanol–water partition coefficient (Wildman–Crippen LogP) is 2.35. The van der Waals surface area contributed by atoms with Crippen molar-refractivity contribution in [3.8, 4) is 0 Å². The van der Waals surface area contributed by atoms with Crippen molar-refractivity contribution in [2.75, 3.05) is 6.61 Å². The van der Waals surface area contributed by atoms with Crippen LogP contribution in [0.5, 0.6) is 0 Å². The highest BCUT2D eigenvalue weighted by molar-refractivity contribution is 5.40. The fourth-order valence-electron chi connectivity index (χ4n) is 1.45. The van der Waals surface area contributed by atoms with Gasteiger partial charge in [-0.05, 0) is 26.8 Å². The zero-order valence-corrected chi connectivity index (χ0v) is 8.76. The first-order valence-electron chi connectivity index (χ1n) is 4.58. The molecule has 0 spiro atoms. The van der Waals surface area contributed by atoms with Gasteiger partial charge >= 0.3 is 0 Å². The third-order valence-corrected chi connectivity index (χ3v) is 2.04. The van der Waals surface area contributed by atoms with Crippen LogP contribution in [0.4, 0.5) is 0 Å². The zero-order valence-electron chi connectivity index (χ0n) is 8.76. The van der Waals surface area contributed by atoms with Crippen molar-refractivity contribution < 1.29 is 4.74 Å². The predicted molar refractivity (Wildman–Crippen MR) is 58.9 cm³/mol. The first kappa shape index (κ1) is 10.6. The zero-order chi connectivity index (χ0) is 10.6. The lowest BCUT2D eigenvalue weighted by Crippen LogP contribution is -2.09. The summed E-state index contributed by atoms with van der Waals surface area (Å²) in [5, 5.41) is 3.11. The molecule has 0 unspecified atom stereocenters. The number of allylic oxidation sites excluding steroid dienone is 2. The van der Waals surface area contributed by atoms with Crippen LogP contribution in [0.25, 0.3) is 0 Å². The Balaban J connectivity index is 3.05. The maximum atomic E-state index is 5.33. The minimum absolute atomic E-state index is 0.635. The van der Waals surface area contributed by atoms with E-state index in [2.05, 4.69) is 23.6 Å². The van der Waals surface area contributed by atoms with Gasteiger partial charge < -0.3 is 10.1 Å².